The molecule has 0 spiro atoms. The van der Waals surface area contributed by atoms with Crippen molar-refractivity contribution in [2.24, 2.45) is 0 Å². The van der Waals surface area contributed by atoms with Crippen molar-refractivity contribution >= 4 is 8.46 Å². The summed E-state index contributed by atoms with van der Waals surface area (Å²) >= 11 is 0. The van der Waals surface area contributed by atoms with Gasteiger partial charge in [-0.1, -0.05) is 22.3 Å². The lowest BCUT2D eigenvalue weighted by molar-refractivity contribution is 0.598. The van der Waals surface area contributed by atoms with E-state index in [-0.39, 0.29) is 8.46 Å². The number of hydrogen-bond acceptors (Lipinski definition) is 1. The Labute approximate surface area is 75.0 Å². The van der Waals surface area contributed by atoms with Gasteiger partial charge in [0, 0.05) is 5.56 Å². The van der Waals surface area contributed by atoms with Crippen LogP contribution in [0.5, 0.6) is 0 Å². The summed E-state index contributed by atoms with van der Waals surface area (Å²) in [5.41, 5.74) is 5.05. The quantitative estimate of drug-likeness (QED) is 0.640. The summed E-state index contributed by atoms with van der Waals surface area (Å²) in [6.45, 7) is 6.24. The first-order chi connectivity index (χ1) is 5.65. The molecule has 0 aliphatic carbocycles. The van der Waals surface area contributed by atoms with E-state index < -0.39 is 0 Å². The molecule has 2 heteroatoms. The van der Waals surface area contributed by atoms with Crippen molar-refractivity contribution in [3.63, 3.8) is 0 Å². The Kier molecular flexibility index (Phi) is 2.99. The molecule has 0 amide bonds. The van der Waals surface area contributed by atoms with Crippen LogP contribution in [0.2, 0.25) is 0 Å². The van der Waals surface area contributed by atoms with Gasteiger partial charge in [0.2, 0.25) is 0 Å². The number of aryl methyl sites for hydroxylation is 3. The van der Waals surface area contributed by atoms with E-state index in [4.69, 9.17) is 0 Å². The van der Waals surface area contributed by atoms with Gasteiger partial charge in [-0.05, 0) is 31.9 Å². The molecule has 1 nitrogen and oxygen atoms in total. The minimum Gasteiger partial charge on any atom is -0.0771 e. The molecule has 0 saturated carbocycles. The van der Waals surface area contributed by atoms with Crippen LogP contribution < -0.4 is 0 Å². The van der Waals surface area contributed by atoms with Gasteiger partial charge in [-0.15, -0.1) is 0 Å². The molecule has 0 aromatic heterocycles. The maximum atomic E-state index is 10.5. The van der Waals surface area contributed by atoms with Gasteiger partial charge in [-0.3, -0.25) is 0 Å². The first kappa shape index (κ1) is 9.41. The average Bonchev–Trinajstić information content (AvgIpc) is 1.96. The van der Waals surface area contributed by atoms with Crippen molar-refractivity contribution < 1.29 is 4.57 Å². The molecule has 12 heavy (non-hydrogen) atoms. The predicted octanol–water partition coefficient (Wildman–Crippen LogP) is 3.14. The summed E-state index contributed by atoms with van der Waals surface area (Å²) in [4.78, 5) is 0. The Bertz CT molecular complexity index is 282. The second-order valence-corrected chi connectivity index (χ2v) is 3.84. The van der Waals surface area contributed by atoms with E-state index in [1.807, 2.05) is 0 Å². The fourth-order valence-electron chi connectivity index (χ4n) is 1.56. The van der Waals surface area contributed by atoms with E-state index in [0.29, 0.717) is 6.16 Å². The predicted molar refractivity (Wildman–Crippen MR) is 53.4 cm³/mol. The zero-order chi connectivity index (χ0) is 9.14. The van der Waals surface area contributed by atoms with Crippen LogP contribution in [0.3, 0.4) is 0 Å². The average molecular weight is 181 g/mol. The monoisotopic (exact) mass is 181 g/mol. The van der Waals surface area contributed by atoms with Crippen LogP contribution in [0.4, 0.5) is 0 Å². The van der Waals surface area contributed by atoms with Gasteiger partial charge < -0.3 is 0 Å². The second-order valence-electron chi connectivity index (χ2n) is 3.20. The fourth-order valence-corrected chi connectivity index (χ4v) is 2.26. The summed E-state index contributed by atoms with van der Waals surface area (Å²) < 4.78 is 10.5. The highest BCUT2D eigenvalue weighted by atomic mass is 31.1. The first-order valence-electron chi connectivity index (χ1n) is 4.07. The maximum Gasteiger partial charge on any atom is 0.329 e. The van der Waals surface area contributed by atoms with E-state index >= 15 is 0 Å². The highest BCUT2D eigenvalue weighted by Crippen LogP contribution is 2.20. The molecule has 1 aromatic rings. The molecule has 0 saturated heterocycles. The van der Waals surface area contributed by atoms with Gasteiger partial charge in [0.1, 0.15) is 0 Å². The van der Waals surface area contributed by atoms with Crippen molar-refractivity contribution in [3.05, 3.63) is 34.4 Å². The number of rotatable bonds is 2. The molecule has 64 valence electrons. The largest absolute Gasteiger partial charge is 0.329 e. The van der Waals surface area contributed by atoms with Gasteiger partial charge in [0.15, 0.2) is 6.16 Å². The molecule has 0 aliphatic rings. The maximum absolute atomic E-state index is 10.5. The normalized spacial score (nSPS) is 10.6. The van der Waals surface area contributed by atoms with Crippen LogP contribution >= 0.6 is 8.46 Å². The first-order valence-corrected chi connectivity index (χ1v) is 5.18. The summed E-state index contributed by atoms with van der Waals surface area (Å²) in [5, 5.41) is 0. The topological polar surface area (TPSA) is 17.1 Å². The van der Waals surface area contributed by atoms with Crippen molar-refractivity contribution in [2.75, 3.05) is 0 Å². The number of benzene rings is 1. The Hall–Kier alpha value is -0.680. The summed E-state index contributed by atoms with van der Waals surface area (Å²) in [7, 11) is -0.225. The lowest BCUT2D eigenvalue weighted by atomic mass is 10.0. The Morgan fingerprint density at radius 1 is 1.17 bits per heavy atom. The lowest BCUT2D eigenvalue weighted by Crippen LogP contribution is -1.91. The molecule has 1 rings (SSSR count). The third-order valence-electron chi connectivity index (χ3n) is 2.09. The molecule has 0 fully saturated rings. The van der Waals surface area contributed by atoms with E-state index in [1.54, 1.807) is 0 Å². The number of hydrogen-bond donors (Lipinski definition) is 0. The van der Waals surface area contributed by atoms with E-state index in [2.05, 4.69) is 32.9 Å². The SMILES string of the molecule is Cc1cc(C)c(C[PH+]=O)c(C)c1. The van der Waals surface area contributed by atoms with Crippen LogP contribution in [0, 0.1) is 20.8 Å². The Morgan fingerprint density at radius 2 is 1.67 bits per heavy atom. The van der Waals surface area contributed by atoms with Gasteiger partial charge in [0.05, 0.1) is 0 Å². The highest BCUT2D eigenvalue weighted by molar-refractivity contribution is 7.22. The third-order valence-corrected chi connectivity index (χ3v) is 2.59. The van der Waals surface area contributed by atoms with E-state index in [1.165, 1.54) is 22.3 Å². The smallest absolute Gasteiger partial charge is 0.0771 e. The van der Waals surface area contributed by atoms with Crippen LogP contribution in [0.1, 0.15) is 22.3 Å². The van der Waals surface area contributed by atoms with Gasteiger partial charge in [0.25, 0.3) is 0 Å². The lowest BCUT2D eigenvalue weighted by Gasteiger charge is -2.05. The zero-order valence-corrected chi connectivity index (χ0v) is 8.77. The third kappa shape index (κ3) is 1.92. The highest BCUT2D eigenvalue weighted by Gasteiger charge is 2.06. The summed E-state index contributed by atoms with van der Waals surface area (Å²) in [6, 6.07) is 4.28. The Morgan fingerprint density at radius 3 is 2.08 bits per heavy atom. The second kappa shape index (κ2) is 3.82. The van der Waals surface area contributed by atoms with Crippen LogP contribution in [-0.4, -0.2) is 0 Å². The van der Waals surface area contributed by atoms with E-state index in [0.717, 1.165) is 0 Å². The van der Waals surface area contributed by atoms with Crippen molar-refractivity contribution in [1.29, 1.82) is 0 Å². The van der Waals surface area contributed by atoms with Gasteiger partial charge in [-0.2, -0.15) is 0 Å². The van der Waals surface area contributed by atoms with Gasteiger partial charge >= 0.3 is 8.46 Å². The summed E-state index contributed by atoms with van der Waals surface area (Å²) in [6.07, 6.45) is 0.692. The Balaban J connectivity index is 3.18. The molecular formula is C10H14OP+. The molecule has 0 aliphatic heterocycles. The molecule has 1 unspecified atom stereocenters. The molecule has 1 atom stereocenters. The zero-order valence-electron chi connectivity index (χ0n) is 7.77. The molecule has 0 radical (unpaired) electrons. The van der Waals surface area contributed by atoms with Crippen molar-refractivity contribution in [1.82, 2.24) is 0 Å². The van der Waals surface area contributed by atoms with Crippen LogP contribution in [-0.2, 0) is 10.7 Å². The molecule has 0 bridgehead atoms. The molecular weight excluding hydrogens is 167 g/mol. The minimum absolute atomic E-state index is 0.225. The molecule has 0 N–H and O–H groups in total. The van der Waals surface area contributed by atoms with Crippen LogP contribution in [0.15, 0.2) is 12.1 Å². The molecule has 1 aromatic carbocycles. The van der Waals surface area contributed by atoms with E-state index in [9.17, 15) is 4.57 Å². The standard InChI is InChI=1S/C10H13OP/c1-7-4-8(2)10(6-12-11)9(3)5-7/h4-5H,6H2,1-3H3/p+1. The summed E-state index contributed by atoms with van der Waals surface area (Å²) in [5.74, 6) is 0. The van der Waals surface area contributed by atoms with Crippen molar-refractivity contribution in [3.8, 4) is 0 Å². The van der Waals surface area contributed by atoms with Crippen LogP contribution in [0.25, 0.3) is 0 Å². The minimum atomic E-state index is -0.225. The fraction of sp³-hybridized carbons (Fsp3) is 0.400. The molecule has 0 heterocycles. The van der Waals surface area contributed by atoms with Gasteiger partial charge in [-0.25, -0.2) is 0 Å². The van der Waals surface area contributed by atoms with Crippen molar-refractivity contribution in [2.45, 2.75) is 26.9 Å².